The number of benzene rings is 1. The molecule has 2 aromatic rings. The molecule has 0 saturated heterocycles. The summed E-state index contributed by atoms with van der Waals surface area (Å²) in [6.07, 6.45) is -0.514. The fourth-order valence-corrected chi connectivity index (χ4v) is 1.68. The highest BCUT2D eigenvalue weighted by molar-refractivity contribution is 5.87. The van der Waals surface area contributed by atoms with Crippen molar-refractivity contribution in [3.8, 4) is 5.75 Å². The number of aromatic nitrogens is 2. The van der Waals surface area contributed by atoms with Crippen LogP contribution in [-0.2, 0) is 7.05 Å². The first-order valence-electron chi connectivity index (χ1n) is 5.62. The average molecular weight is 245 g/mol. The van der Waals surface area contributed by atoms with Gasteiger partial charge in [-0.2, -0.15) is 5.10 Å². The normalized spacial score (nSPS) is 10.2. The highest BCUT2D eigenvalue weighted by atomic mass is 16.6. The highest BCUT2D eigenvalue weighted by Gasteiger charge is 2.13. The molecule has 0 fully saturated rings. The number of nitrogens with zero attached hydrogens (tertiary/aromatic N) is 2. The van der Waals surface area contributed by atoms with E-state index in [1.807, 2.05) is 39.1 Å². The molecule has 0 aliphatic heterocycles. The fraction of sp³-hybridized carbons (Fsp3) is 0.231. The summed E-state index contributed by atoms with van der Waals surface area (Å²) in [7, 11) is 1.83. The molecule has 2 rings (SSSR count). The van der Waals surface area contributed by atoms with Crippen LogP contribution in [0.4, 0.5) is 10.5 Å². The van der Waals surface area contributed by atoms with Crippen molar-refractivity contribution >= 4 is 11.8 Å². The molecule has 0 saturated carbocycles. The molecule has 0 bridgehead atoms. The molecule has 0 spiro atoms. The summed E-state index contributed by atoms with van der Waals surface area (Å²) in [5.74, 6) is 0.509. The molecular formula is C13H15N3O2. The first-order chi connectivity index (χ1) is 8.58. The van der Waals surface area contributed by atoms with Gasteiger partial charge in [0.2, 0.25) is 0 Å². The van der Waals surface area contributed by atoms with Crippen molar-refractivity contribution in [1.29, 1.82) is 0 Å². The van der Waals surface area contributed by atoms with Gasteiger partial charge in [-0.25, -0.2) is 4.79 Å². The van der Waals surface area contributed by atoms with E-state index in [-0.39, 0.29) is 0 Å². The monoisotopic (exact) mass is 245 g/mol. The lowest BCUT2D eigenvalue weighted by molar-refractivity contribution is 0.215. The lowest BCUT2D eigenvalue weighted by Crippen LogP contribution is -2.17. The minimum Gasteiger partial charge on any atom is -0.410 e. The molecule has 94 valence electrons. The standard InChI is InChI=1S/C13H15N3O2/c1-9-12(10(2)16(3)15-9)14-13(17)18-11-7-5-4-6-8-11/h4-8H,1-3H3,(H,14,17). The zero-order chi connectivity index (χ0) is 13.1. The van der Waals surface area contributed by atoms with E-state index in [0.29, 0.717) is 11.4 Å². The zero-order valence-corrected chi connectivity index (χ0v) is 10.6. The van der Waals surface area contributed by atoms with E-state index in [4.69, 9.17) is 4.74 Å². The maximum Gasteiger partial charge on any atom is 0.417 e. The van der Waals surface area contributed by atoms with Crippen molar-refractivity contribution in [2.24, 2.45) is 7.05 Å². The van der Waals surface area contributed by atoms with Gasteiger partial charge in [0.05, 0.1) is 17.1 Å². The molecule has 0 unspecified atom stereocenters. The average Bonchev–Trinajstić information content (AvgIpc) is 2.57. The molecule has 1 aromatic carbocycles. The summed E-state index contributed by atoms with van der Waals surface area (Å²) >= 11 is 0. The van der Waals surface area contributed by atoms with Crippen molar-refractivity contribution < 1.29 is 9.53 Å². The number of rotatable bonds is 2. The molecule has 0 aliphatic rings. The summed E-state index contributed by atoms with van der Waals surface area (Å²) in [6.45, 7) is 3.73. The van der Waals surface area contributed by atoms with Crippen LogP contribution in [0.3, 0.4) is 0 Å². The van der Waals surface area contributed by atoms with Crippen LogP contribution in [-0.4, -0.2) is 15.9 Å². The summed E-state index contributed by atoms with van der Waals surface area (Å²) in [6, 6.07) is 8.93. The summed E-state index contributed by atoms with van der Waals surface area (Å²) in [5.41, 5.74) is 2.34. The van der Waals surface area contributed by atoms with Gasteiger partial charge < -0.3 is 4.74 Å². The molecule has 1 N–H and O–H groups in total. The first kappa shape index (κ1) is 12.2. The van der Waals surface area contributed by atoms with Gasteiger partial charge in [0.15, 0.2) is 0 Å². The third-order valence-electron chi connectivity index (χ3n) is 2.69. The van der Waals surface area contributed by atoms with Crippen molar-refractivity contribution in [3.05, 3.63) is 41.7 Å². The van der Waals surface area contributed by atoms with Gasteiger partial charge in [-0.1, -0.05) is 18.2 Å². The summed E-state index contributed by atoms with van der Waals surface area (Å²) < 4.78 is 6.87. The Bertz CT molecular complexity index is 561. The van der Waals surface area contributed by atoms with E-state index in [9.17, 15) is 4.79 Å². The Morgan fingerprint density at radius 1 is 1.28 bits per heavy atom. The SMILES string of the molecule is Cc1nn(C)c(C)c1NC(=O)Oc1ccccc1. The molecule has 0 radical (unpaired) electrons. The molecule has 5 nitrogen and oxygen atoms in total. The number of carbonyl (C=O) groups is 1. The predicted molar refractivity (Wildman–Crippen MR) is 68.8 cm³/mol. The van der Waals surface area contributed by atoms with Gasteiger partial charge in [0, 0.05) is 7.05 Å². The van der Waals surface area contributed by atoms with E-state index >= 15 is 0 Å². The van der Waals surface area contributed by atoms with Crippen LogP contribution >= 0.6 is 0 Å². The van der Waals surface area contributed by atoms with Gasteiger partial charge >= 0.3 is 6.09 Å². The van der Waals surface area contributed by atoms with Crippen molar-refractivity contribution in [2.75, 3.05) is 5.32 Å². The molecule has 0 atom stereocenters. The van der Waals surface area contributed by atoms with E-state index in [0.717, 1.165) is 11.4 Å². The van der Waals surface area contributed by atoms with Gasteiger partial charge in [-0.05, 0) is 26.0 Å². The number of anilines is 1. The number of para-hydroxylation sites is 1. The number of hydrogen-bond donors (Lipinski definition) is 1. The largest absolute Gasteiger partial charge is 0.417 e. The van der Waals surface area contributed by atoms with Crippen LogP contribution in [0.25, 0.3) is 0 Å². The number of aryl methyl sites for hydroxylation is 2. The minimum atomic E-state index is -0.514. The number of nitrogens with one attached hydrogen (secondary N) is 1. The van der Waals surface area contributed by atoms with Crippen LogP contribution in [0, 0.1) is 13.8 Å². The van der Waals surface area contributed by atoms with Crippen molar-refractivity contribution in [1.82, 2.24) is 9.78 Å². The van der Waals surface area contributed by atoms with Crippen LogP contribution in [0.15, 0.2) is 30.3 Å². The second kappa shape index (κ2) is 4.91. The molecular weight excluding hydrogens is 230 g/mol. The highest BCUT2D eigenvalue weighted by Crippen LogP contribution is 2.19. The fourth-order valence-electron chi connectivity index (χ4n) is 1.68. The van der Waals surface area contributed by atoms with Crippen LogP contribution in [0.2, 0.25) is 0 Å². The number of hydrogen-bond acceptors (Lipinski definition) is 3. The van der Waals surface area contributed by atoms with E-state index < -0.39 is 6.09 Å². The molecule has 5 heteroatoms. The second-order valence-corrected chi connectivity index (χ2v) is 4.00. The maximum absolute atomic E-state index is 11.7. The third-order valence-corrected chi connectivity index (χ3v) is 2.69. The van der Waals surface area contributed by atoms with Gasteiger partial charge in [-0.3, -0.25) is 10.00 Å². The summed E-state index contributed by atoms with van der Waals surface area (Å²) in [4.78, 5) is 11.7. The van der Waals surface area contributed by atoms with Crippen LogP contribution in [0.1, 0.15) is 11.4 Å². The smallest absolute Gasteiger partial charge is 0.410 e. The lowest BCUT2D eigenvalue weighted by atomic mass is 10.3. The Balaban J connectivity index is 2.08. The second-order valence-electron chi connectivity index (χ2n) is 4.00. The zero-order valence-electron chi connectivity index (χ0n) is 10.6. The van der Waals surface area contributed by atoms with Gasteiger partial charge in [0.25, 0.3) is 0 Å². The molecule has 1 aromatic heterocycles. The van der Waals surface area contributed by atoms with Crippen molar-refractivity contribution in [3.63, 3.8) is 0 Å². The molecule has 1 heterocycles. The Labute approximate surface area is 105 Å². The lowest BCUT2D eigenvalue weighted by Gasteiger charge is -2.06. The first-order valence-corrected chi connectivity index (χ1v) is 5.62. The van der Waals surface area contributed by atoms with Crippen molar-refractivity contribution in [2.45, 2.75) is 13.8 Å². The molecule has 18 heavy (non-hydrogen) atoms. The molecule has 1 amide bonds. The van der Waals surface area contributed by atoms with Gasteiger partial charge in [-0.15, -0.1) is 0 Å². The van der Waals surface area contributed by atoms with E-state index in [1.165, 1.54) is 0 Å². The Hall–Kier alpha value is -2.30. The van der Waals surface area contributed by atoms with E-state index in [2.05, 4.69) is 10.4 Å². The molecule has 0 aliphatic carbocycles. The quantitative estimate of drug-likeness (QED) is 0.884. The summed E-state index contributed by atoms with van der Waals surface area (Å²) in [5, 5.41) is 6.92. The third kappa shape index (κ3) is 2.51. The van der Waals surface area contributed by atoms with E-state index in [1.54, 1.807) is 16.8 Å². The van der Waals surface area contributed by atoms with Gasteiger partial charge in [0.1, 0.15) is 5.75 Å². The number of ether oxygens (including phenoxy) is 1. The minimum absolute atomic E-state index is 0.509. The number of amides is 1. The van der Waals surface area contributed by atoms with Crippen LogP contribution in [0.5, 0.6) is 5.75 Å². The predicted octanol–water partition coefficient (Wildman–Crippen LogP) is 2.65. The number of carbonyl (C=O) groups excluding carboxylic acids is 1. The maximum atomic E-state index is 11.7. The Morgan fingerprint density at radius 3 is 2.50 bits per heavy atom. The Morgan fingerprint density at radius 2 is 1.94 bits per heavy atom. The van der Waals surface area contributed by atoms with Crippen LogP contribution < -0.4 is 10.1 Å². The Kier molecular flexibility index (Phi) is 3.32. The topological polar surface area (TPSA) is 56.2 Å².